The quantitative estimate of drug-likeness (QED) is 0.792. The van der Waals surface area contributed by atoms with Crippen LogP contribution in [0.2, 0.25) is 5.15 Å². The molecule has 2 rings (SSSR count). The van der Waals surface area contributed by atoms with Gasteiger partial charge in [0.25, 0.3) is 0 Å². The molecule has 0 atom stereocenters. The SMILES string of the molecule is Clc1ncccc1NCC1CCCCC1. The van der Waals surface area contributed by atoms with Crippen LogP contribution in [0.25, 0.3) is 0 Å². The van der Waals surface area contributed by atoms with Crippen LogP contribution in [0.5, 0.6) is 0 Å². The predicted octanol–water partition coefficient (Wildman–Crippen LogP) is 3.73. The Kier molecular flexibility index (Phi) is 3.84. The third-order valence-corrected chi connectivity index (χ3v) is 3.37. The maximum Gasteiger partial charge on any atom is 0.152 e. The van der Waals surface area contributed by atoms with Crippen molar-refractivity contribution in [2.75, 3.05) is 11.9 Å². The topological polar surface area (TPSA) is 24.9 Å². The van der Waals surface area contributed by atoms with Crippen LogP contribution in [0.15, 0.2) is 18.3 Å². The second-order valence-electron chi connectivity index (χ2n) is 4.23. The van der Waals surface area contributed by atoms with E-state index in [1.54, 1.807) is 6.20 Å². The molecular formula is C12H17ClN2. The third-order valence-electron chi connectivity index (χ3n) is 3.07. The van der Waals surface area contributed by atoms with E-state index in [0.29, 0.717) is 5.15 Å². The first-order chi connectivity index (χ1) is 7.36. The summed E-state index contributed by atoms with van der Waals surface area (Å²) < 4.78 is 0. The second kappa shape index (κ2) is 5.36. The number of nitrogens with zero attached hydrogens (tertiary/aromatic N) is 1. The van der Waals surface area contributed by atoms with Crippen molar-refractivity contribution in [3.8, 4) is 0 Å². The van der Waals surface area contributed by atoms with E-state index in [9.17, 15) is 0 Å². The average molecular weight is 225 g/mol. The van der Waals surface area contributed by atoms with Crippen LogP contribution in [-0.4, -0.2) is 11.5 Å². The summed E-state index contributed by atoms with van der Waals surface area (Å²) >= 11 is 5.97. The highest BCUT2D eigenvalue weighted by atomic mass is 35.5. The van der Waals surface area contributed by atoms with E-state index < -0.39 is 0 Å². The fourth-order valence-corrected chi connectivity index (χ4v) is 2.35. The molecule has 1 aliphatic rings. The molecule has 1 aliphatic carbocycles. The number of pyridine rings is 1. The van der Waals surface area contributed by atoms with E-state index in [0.717, 1.165) is 18.2 Å². The Bertz CT molecular complexity index is 308. The molecule has 1 aromatic heterocycles. The lowest BCUT2D eigenvalue weighted by Gasteiger charge is -2.22. The summed E-state index contributed by atoms with van der Waals surface area (Å²) in [6.07, 6.45) is 8.59. The molecule has 1 fully saturated rings. The van der Waals surface area contributed by atoms with Gasteiger partial charge in [0, 0.05) is 12.7 Å². The first kappa shape index (κ1) is 10.7. The van der Waals surface area contributed by atoms with E-state index in [4.69, 9.17) is 11.6 Å². The minimum atomic E-state index is 0.577. The third kappa shape index (κ3) is 3.10. The van der Waals surface area contributed by atoms with Gasteiger partial charge in [0.2, 0.25) is 0 Å². The zero-order valence-electron chi connectivity index (χ0n) is 8.88. The summed E-state index contributed by atoms with van der Waals surface area (Å²) in [4.78, 5) is 4.05. The molecule has 15 heavy (non-hydrogen) atoms. The molecule has 1 heterocycles. The summed E-state index contributed by atoms with van der Waals surface area (Å²) in [6, 6.07) is 3.90. The van der Waals surface area contributed by atoms with Crippen molar-refractivity contribution < 1.29 is 0 Å². The summed E-state index contributed by atoms with van der Waals surface area (Å²) in [7, 11) is 0. The minimum absolute atomic E-state index is 0.577. The van der Waals surface area contributed by atoms with Crippen LogP contribution in [0.4, 0.5) is 5.69 Å². The van der Waals surface area contributed by atoms with Gasteiger partial charge in [0.15, 0.2) is 5.15 Å². The molecule has 0 radical (unpaired) electrons. The van der Waals surface area contributed by atoms with Crippen LogP contribution in [0.1, 0.15) is 32.1 Å². The smallest absolute Gasteiger partial charge is 0.152 e. The number of hydrogen-bond donors (Lipinski definition) is 1. The lowest BCUT2D eigenvalue weighted by molar-refractivity contribution is 0.373. The molecule has 1 N–H and O–H groups in total. The normalized spacial score (nSPS) is 17.7. The van der Waals surface area contributed by atoms with Crippen molar-refractivity contribution in [3.05, 3.63) is 23.5 Å². The Morgan fingerprint density at radius 3 is 2.87 bits per heavy atom. The van der Waals surface area contributed by atoms with Crippen LogP contribution >= 0.6 is 11.6 Å². The van der Waals surface area contributed by atoms with E-state index >= 15 is 0 Å². The summed E-state index contributed by atoms with van der Waals surface area (Å²) in [6.45, 7) is 1.03. The zero-order valence-corrected chi connectivity index (χ0v) is 9.63. The van der Waals surface area contributed by atoms with E-state index in [1.165, 1.54) is 32.1 Å². The van der Waals surface area contributed by atoms with Gasteiger partial charge >= 0.3 is 0 Å². The fourth-order valence-electron chi connectivity index (χ4n) is 2.16. The molecule has 82 valence electrons. The molecule has 3 heteroatoms. The van der Waals surface area contributed by atoms with Crippen molar-refractivity contribution in [1.82, 2.24) is 4.98 Å². The highest BCUT2D eigenvalue weighted by Gasteiger charge is 2.13. The van der Waals surface area contributed by atoms with Gasteiger partial charge in [-0.1, -0.05) is 30.9 Å². The molecule has 1 saturated carbocycles. The highest BCUT2D eigenvalue weighted by molar-refractivity contribution is 6.31. The lowest BCUT2D eigenvalue weighted by atomic mass is 9.89. The molecule has 0 unspecified atom stereocenters. The first-order valence-corrected chi connectivity index (χ1v) is 6.08. The number of hydrogen-bond acceptors (Lipinski definition) is 2. The Hall–Kier alpha value is -0.760. The fraction of sp³-hybridized carbons (Fsp3) is 0.583. The Labute approximate surface area is 96.1 Å². The van der Waals surface area contributed by atoms with Crippen LogP contribution in [0.3, 0.4) is 0 Å². The Morgan fingerprint density at radius 1 is 1.33 bits per heavy atom. The number of nitrogens with one attached hydrogen (secondary N) is 1. The minimum Gasteiger partial charge on any atom is -0.382 e. The highest BCUT2D eigenvalue weighted by Crippen LogP contribution is 2.25. The summed E-state index contributed by atoms with van der Waals surface area (Å²) in [5.74, 6) is 0.815. The Morgan fingerprint density at radius 2 is 2.13 bits per heavy atom. The van der Waals surface area contributed by atoms with Gasteiger partial charge in [-0.25, -0.2) is 4.98 Å². The predicted molar refractivity (Wildman–Crippen MR) is 64.3 cm³/mol. The van der Waals surface area contributed by atoms with E-state index in [1.807, 2.05) is 12.1 Å². The number of anilines is 1. The van der Waals surface area contributed by atoms with Crippen molar-refractivity contribution in [2.24, 2.45) is 5.92 Å². The second-order valence-corrected chi connectivity index (χ2v) is 4.58. The van der Waals surface area contributed by atoms with Gasteiger partial charge in [-0.2, -0.15) is 0 Å². The maximum atomic E-state index is 5.97. The van der Waals surface area contributed by atoms with Crippen LogP contribution in [0, 0.1) is 5.92 Å². The lowest BCUT2D eigenvalue weighted by Crippen LogP contribution is -2.17. The molecule has 0 spiro atoms. The first-order valence-electron chi connectivity index (χ1n) is 5.70. The largest absolute Gasteiger partial charge is 0.382 e. The zero-order chi connectivity index (χ0) is 10.5. The van der Waals surface area contributed by atoms with Crippen molar-refractivity contribution in [3.63, 3.8) is 0 Å². The average Bonchev–Trinajstić information content (AvgIpc) is 2.29. The monoisotopic (exact) mass is 224 g/mol. The van der Waals surface area contributed by atoms with Gasteiger partial charge in [-0.3, -0.25) is 0 Å². The molecule has 0 aliphatic heterocycles. The molecule has 2 nitrogen and oxygen atoms in total. The van der Waals surface area contributed by atoms with Gasteiger partial charge in [0.1, 0.15) is 0 Å². The van der Waals surface area contributed by atoms with Gasteiger partial charge in [0.05, 0.1) is 5.69 Å². The van der Waals surface area contributed by atoms with Crippen molar-refractivity contribution in [2.45, 2.75) is 32.1 Å². The number of rotatable bonds is 3. The van der Waals surface area contributed by atoms with Gasteiger partial charge in [-0.05, 0) is 30.9 Å². The molecule has 0 amide bonds. The maximum absolute atomic E-state index is 5.97. The van der Waals surface area contributed by atoms with E-state index in [-0.39, 0.29) is 0 Å². The van der Waals surface area contributed by atoms with Crippen molar-refractivity contribution in [1.29, 1.82) is 0 Å². The molecular weight excluding hydrogens is 208 g/mol. The van der Waals surface area contributed by atoms with Gasteiger partial charge in [-0.15, -0.1) is 0 Å². The summed E-state index contributed by atoms with van der Waals surface area (Å²) in [5.41, 5.74) is 0.963. The molecule has 0 saturated heterocycles. The standard InChI is InChI=1S/C12H17ClN2/c13-12-11(7-4-8-14-12)15-9-10-5-2-1-3-6-10/h4,7-8,10,15H,1-3,5-6,9H2. The number of halogens is 1. The van der Waals surface area contributed by atoms with E-state index in [2.05, 4.69) is 10.3 Å². The number of aromatic nitrogens is 1. The molecule has 0 bridgehead atoms. The van der Waals surface area contributed by atoms with Crippen molar-refractivity contribution >= 4 is 17.3 Å². The van der Waals surface area contributed by atoms with Crippen LogP contribution < -0.4 is 5.32 Å². The Balaban J connectivity index is 1.84. The molecule has 1 aromatic rings. The molecule has 0 aromatic carbocycles. The summed E-state index contributed by atoms with van der Waals surface area (Å²) in [5, 5.41) is 3.97. The van der Waals surface area contributed by atoms with Gasteiger partial charge < -0.3 is 5.32 Å². The van der Waals surface area contributed by atoms with Crippen LogP contribution in [-0.2, 0) is 0 Å².